The SMILES string of the molecule is NC1(CC(=O)NCCCOCc2ccco2)CCC1. The van der Waals surface area contributed by atoms with Gasteiger partial charge in [-0.3, -0.25) is 4.79 Å². The summed E-state index contributed by atoms with van der Waals surface area (Å²) in [6.45, 7) is 1.72. The Morgan fingerprint density at radius 1 is 1.53 bits per heavy atom. The van der Waals surface area contributed by atoms with Gasteiger partial charge in [0.2, 0.25) is 5.91 Å². The number of carbonyl (C=O) groups excluding carboxylic acids is 1. The second kappa shape index (κ2) is 6.73. The summed E-state index contributed by atoms with van der Waals surface area (Å²) in [5.41, 5.74) is 5.78. The number of hydrogen-bond donors (Lipinski definition) is 2. The van der Waals surface area contributed by atoms with E-state index in [9.17, 15) is 4.79 Å². The van der Waals surface area contributed by atoms with Gasteiger partial charge < -0.3 is 20.2 Å². The van der Waals surface area contributed by atoms with E-state index >= 15 is 0 Å². The number of ether oxygens (including phenoxy) is 1. The molecule has 0 atom stereocenters. The van der Waals surface area contributed by atoms with Crippen molar-refractivity contribution < 1.29 is 13.9 Å². The Balaban J connectivity index is 1.46. The van der Waals surface area contributed by atoms with Crippen LogP contribution in [0, 0.1) is 0 Å². The lowest BCUT2D eigenvalue weighted by atomic mass is 9.75. The Kier molecular flexibility index (Phi) is 4.99. The van der Waals surface area contributed by atoms with E-state index in [4.69, 9.17) is 14.9 Å². The molecule has 1 fully saturated rings. The van der Waals surface area contributed by atoms with Crippen LogP contribution in [0.2, 0.25) is 0 Å². The first kappa shape index (κ1) is 14.1. The van der Waals surface area contributed by atoms with Gasteiger partial charge in [0, 0.05) is 25.1 Å². The lowest BCUT2D eigenvalue weighted by Gasteiger charge is -2.37. The third-order valence-electron chi connectivity index (χ3n) is 3.47. The van der Waals surface area contributed by atoms with Crippen molar-refractivity contribution in [2.45, 2.75) is 44.2 Å². The quantitative estimate of drug-likeness (QED) is 0.700. The smallest absolute Gasteiger partial charge is 0.221 e. The fraction of sp³-hybridized carbons (Fsp3) is 0.643. The van der Waals surface area contributed by atoms with E-state index in [1.54, 1.807) is 6.26 Å². The van der Waals surface area contributed by atoms with Crippen LogP contribution in [-0.4, -0.2) is 24.6 Å². The Hall–Kier alpha value is -1.33. The largest absolute Gasteiger partial charge is 0.467 e. The second-order valence-corrected chi connectivity index (χ2v) is 5.23. The van der Waals surface area contributed by atoms with E-state index in [0.717, 1.165) is 31.4 Å². The lowest BCUT2D eigenvalue weighted by molar-refractivity contribution is -0.123. The fourth-order valence-corrected chi connectivity index (χ4v) is 2.16. The Labute approximate surface area is 113 Å². The van der Waals surface area contributed by atoms with Crippen LogP contribution in [-0.2, 0) is 16.1 Å². The minimum atomic E-state index is -0.236. The average Bonchev–Trinajstić information content (AvgIpc) is 2.84. The normalized spacial score (nSPS) is 16.9. The Bertz CT molecular complexity index is 385. The highest BCUT2D eigenvalue weighted by atomic mass is 16.5. The Morgan fingerprint density at radius 2 is 2.37 bits per heavy atom. The van der Waals surface area contributed by atoms with E-state index in [0.29, 0.717) is 26.2 Å². The minimum Gasteiger partial charge on any atom is -0.467 e. The van der Waals surface area contributed by atoms with Crippen molar-refractivity contribution in [3.8, 4) is 0 Å². The van der Waals surface area contributed by atoms with Gasteiger partial charge in [-0.25, -0.2) is 0 Å². The molecule has 1 saturated carbocycles. The molecule has 1 heterocycles. The molecule has 1 amide bonds. The zero-order valence-electron chi connectivity index (χ0n) is 11.2. The molecular formula is C14H22N2O3. The number of carbonyl (C=O) groups is 1. The molecule has 0 aromatic carbocycles. The number of nitrogens with two attached hydrogens (primary N) is 1. The zero-order valence-corrected chi connectivity index (χ0v) is 11.2. The molecule has 1 aliphatic rings. The molecule has 1 aliphatic carbocycles. The first-order valence-electron chi connectivity index (χ1n) is 6.84. The van der Waals surface area contributed by atoms with Gasteiger partial charge in [0.25, 0.3) is 0 Å². The van der Waals surface area contributed by atoms with Crippen molar-refractivity contribution in [3.05, 3.63) is 24.2 Å². The highest BCUT2D eigenvalue weighted by Crippen LogP contribution is 2.31. The number of rotatable bonds is 8. The molecule has 0 radical (unpaired) electrons. The monoisotopic (exact) mass is 266 g/mol. The molecule has 3 N–H and O–H groups in total. The van der Waals surface area contributed by atoms with Crippen molar-refractivity contribution in [2.24, 2.45) is 5.73 Å². The van der Waals surface area contributed by atoms with Crippen molar-refractivity contribution in [1.82, 2.24) is 5.32 Å². The van der Waals surface area contributed by atoms with Crippen LogP contribution < -0.4 is 11.1 Å². The molecule has 1 aromatic heterocycles. The highest BCUT2D eigenvalue weighted by molar-refractivity contribution is 5.77. The Morgan fingerprint density at radius 3 is 3.00 bits per heavy atom. The standard InChI is InChI=1S/C14H22N2O3/c15-14(5-2-6-14)10-13(17)16-7-3-8-18-11-12-4-1-9-19-12/h1,4,9H,2-3,5-8,10-11,15H2,(H,16,17). The summed E-state index contributed by atoms with van der Waals surface area (Å²) in [4.78, 5) is 11.6. The molecule has 0 aliphatic heterocycles. The van der Waals surface area contributed by atoms with E-state index in [1.807, 2.05) is 12.1 Å². The highest BCUT2D eigenvalue weighted by Gasteiger charge is 2.34. The average molecular weight is 266 g/mol. The van der Waals surface area contributed by atoms with Gasteiger partial charge in [-0.15, -0.1) is 0 Å². The molecule has 0 bridgehead atoms. The lowest BCUT2D eigenvalue weighted by Crippen LogP contribution is -2.50. The summed E-state index contributed by atoms with van der Waals surface area (Å²) in [6.07, 6.45) is 5.94. The summed E-state index contributed by atoms with van der Waals surface area (Å²) in [6, 6.07) is 3.71. The first-order valence-corrected chi connectivity index (χ1v) is 6.84. The molecule has 0 saturated heterocycles. The molecule has 106 valence electrons. The van der Waals surface area contributed by atoms with Crippen LogP contribution in [0.1, 0.15) is 37.9 Å². The molecule has 1 aromatic rings. The van der Waals surface area contributed by atoms with Gasteiger partial charge in [0.15, 0.2) is 0 Å². The minimum absolute atomic E-state index is 0.0493. The predicted octanol–water partition coefficient (Wildman–Crippen LogP) is 1.57. The molecule has 0 spiro atoms. The van der Waals surface area contributed by atoms with Crippen LogP contribution in [0.3, 0.4) is 0 Å². The van der Waals surface area contributed by atoms with Gasteiger partial charge in [-0.05, 0) is 37.8 Å². The number of furan rings is 1. The molecular weight excluding hydrogens is 244 g/mol. The van der Waals surface area contributed by atoms with Crippen LogP contribution in [0.25, 0.3) is 0 Å². The first-order chi connectivity index (χ1) is 9.18. The third kappa shape index (κ3) is 4.69. The van der Waals surface area contributed by atoms with Gasteiger partial charge >= 0.3 is 0 Å². The maximum absolute atomic E-state index is 11.6. The van der Waals surface area contributed by atoms with E-state index in [1.165, 1.54) is 0 Å². The van der Waals surface area contributed by atoms with E-state index in [2.05, 4.69) is 5.32 Å². The fourth-order valence-electron chi connectivity index (χ4n) is 2.16. The van der Waals surface area contributed by atoms with Crippen molar-refractivity contribution in [2.75, 3.05) is 13.2 Å². The summed E-state index contributed by atoms with van der Waals surface area (Å²) < 4.78 is 10.6. The van der Waals surface area contributed by atoms with Gasteiger partial charge in [0.1, 0.15) is 12.4 Å². The van der Waals surface area contributed by atoms with E-state index < -0.39 is 0 Å². The molecule has 19 heavy (non-hydrogen) atoms. The van der Waals surface area contributed by atoms with Gasteiger partial charge in [0.05, 0.1) is 6.26 Å². The summed E-state index contributed by atoms with van der Waals surface area (Å²) in [5, 5.41) is 2.88. The van der Waals surface area contributed by atoms with Crippen LogP contribution in [0.5, 0.6) is 0 Å². The zero-order chi connectivity index (χ0) is 13.6. The third-order valence-corrected chi connectivity index (χ3v) is 3.47. The number of hydrogen-bond acceptors (Lipinski definition) is 4. The molecule has 0 unspecified atom stereocenters. The molecule has 5 heteroatoms. The second-order valence-electron chi connectivity index (χ2n) is 5.23. The number of nitrogens with one attached hydrogen (secondary N) is 1. The summed E-state index contributed by atoms with van der Waals surface area (Å²) in [5.74, 6) is 0.868. The maximum Gasteiger partial charge on any atom is 0.221 e. The topological polar surface area (TPSA) is 77.5 Å². The molecule has 5 nitrogen and oxygen atoms in total. The maximum atomic E-state index is 11.6. The van der Waals surface area contributed by atoms with E-state index in [-0.39, 0.29) is 11.4 Å². The molecule has 2 rings (SSSR count). The summed E-state index contributed by atoms with van der Waals surface area (Å²) >= 11 is 0. The van der Waals surface area contributed by atoms with Crippen LogP contribution in [0.15, 0.2) is 22.8 Å². The van der Waals surface area contributed by atoms with Gasteiger partial charge in [-0.2, -0.15) is 0 Å². The van der Waals surface area contributed by atoms with Crippen LogP contribution >= 0.6 is 0 Å². The van der Waals surface area contributed by atoms with Crippen LogP contribution in [0.4, 0.5) is 0 Å². The summed E-state index contributed by atoms with van der Waals surface area (Å²) in [7, 11) is 0. The number of amides is 1. The van der Waals surface area contributed by atoms with Crippen molar-refractivity contribution >= 4 is 5.91 Å². The van der Waals surface area contributed by atoms with Crippen molar-refractivity contribution in [1.29, 1.82) is 0 Å². The van der Waals surface area contributed by atoms with Crippen molar-refractivity contribution in [3.63, 3.8) is 0 Å². The predicted molar refractivity (Wildman–Crippen MR) is 71.4 cm³/mol. The van der Waals surface area contributed by atoms with Gasteiger partial charge in [-0.1, -0.05) is 0 Å².